The molecular formula is C11H22N2O2. The Labute approximate surface area is 91.5 Å². The Morgan fingerprint density at radius 1 is 1.60 bits per heavy atom. The summed E-state index contributed by atoms with van der Waals surface area (Å²) in [7, 11) is 1.71. The van der Waals surface area contributed by atoms with Crippen LogP contribution in [0.2, 0.25) is 0 Å². The van der Waals surface area contributed by atoms with Crippen molar-refractivity contribution in [1.29, 1.82) is 0 Å². The van der Waals surface area contributed by atoms with Crippen molar-refractivity contribution in [2.45, 2.75) is 26.2 Å². The van der Waals surface area contributed by atoms with Crippen LogP contribution < -0.4 is 11.1 Å². The van der Waals surface area contributed by atoms with Crippen LogP contribution in [0.1, 0.15) is 26.2 Å². The number of hydrogen-bond acceptors (Lipinski definition) is 3. The van der Waals surface area contributed by atoms with E-state index in [9.17, 15) is 4.79 Å². The summed E-state index contributed by atoms with van der Waals surface area (Å²) in [5.74, 6) is -0.00980. The van der Waals surface area contributed by atoms with E-state index >= 15 is 0 Å². The summed E-state index contributed by atoms with van der Waals surface area (Å²) < 4.78 is 5.06. The van der Waals surface area contributed by atoms with Crippen LogP contribution in [0.25, 0.3) is 0 Å². The molecule has 0 heterocycles. The maximum Gasteiger partial charge on any atom is 0.224 e. The quantitative estimate of drug-likeness (QED) is 0.649. The highest BCUT2D eigenvalue weighted by atomic mass is 16.5. The number of hydrogen-bond donors (Lipinski definition) is 2. The van der Waals surface area contributed by atoms with E-state index in [1.807, 2.05) is 6.92 Å². The lowest BCUT2D eigenvalue weighted by Gasteiger charge is -2.17. The number of carbonyl (C=O) groups is 1. The van der Waals surface area contributed by atoms with E-state index < -0.39 is 0 Å². The summed E-state index contributed by atoms with van der Waals surface area (Å²) in [6.07, 6.45) is 3.45. The molecular weight excluding hydrogens is 192 g/mol. The Morgan fingerprint density at radius 2 is 2.27 bits per heavy atom. The van der Waals surface area contributed by atoms with E-state index in [-0.39, 0.29) is 11.8 Å². The minimum atomic E-state index is -0.0803. The molecule has 0 aromatic heterocycles. The highest BCUT2D eigenvalue weighted by Gasteiger charge is 2.42. The van der Waals surface area contributed by atoms with Crippen molar-refractivity contribution >= 4 is 5.91 Å². The first-order chi connectivity index (χ1) is 7.13. The van der Waals surface area contributed by atoms with Gasteiger partial charge in [-0.3, -0.25) is 4.79 Å². The molecule has 1 aliphatic carbocycles. The van der Waals surface area contributed by atoms with Crippen LogP contribution in [0.3, 0.4) is 0 Å². The predicted molar refractivity (Wildman–Crippen MR) is 59.4 cm³/mol. The molecule has 0 aromatic carbocycles. The molecule has 1 atom stereocenters. The van der Waals surface area contributed by atoms with Gasteiger partial charge >= 0.3 is 0 Å². The molecule has 1 rings (SSSR count). The number of ether oxygens (including phenoxy) is 1. The van der Waals surface area contributed by atoms with Gasteiger partial charge in [-0.15, -0.1) is 0 Å². The van der Waals surface area contributed by atoms with Crippen LogP contribution in [-0.4, -0.2) is 32.7 Å². The van der Waals surface area contributed by atoms with Gasteiger partial charge in [0.15, 0.2) is 0 Å². The normalized spacial score (nSPS) is 19.7. The fourth-order valence-electron chi connectivity index (χ4n) is 1.57. The van der Waals surface area contributed by atoms with Crippen LogP contribution in [-0.2, 0) is 9.53 Å². The molecule has 4 nitrogen and oxygen atoms in total. The van der Waals surface area contributed by atoms with Gasteiger partial charge in [0, 0.05) is 32.7 Å². The Morgan fingerprint density at radius 3 is 2.73 bits per heavy atom. The van der Waals surface area contributed by atoms with Gasteiger partial charge in [-0.1, -0.05) is 6.92 Å². The number of carbonyl (C=O) groups excluding carboxylic acids is 1. The van der Waals surface area contributed by atoms with E-state index in [1.165, 1.54) is 12.8 Å². The number of amides is 1. The summed E-state index contributed by atoms with van der Waals surface area (Å²) in [4.78, 5) is 11.5. The van der Waals surface area contributed by atoms with Gasteiger partial charge in [0.25, 0.3) is 0 Å². The fraction of sp³-hybridized carbons (Fsp3) is 0.909. The smallest absolute Gasteiger partial charge is 0.224 e. The summed E-state index contributed by atoms with van der Waals surface area (Å²) in [6.45, 7) is 3.82. The zero-order valence-corrected chi connectivity index (χ0v) is 9.71. The van der Waals surface area contributed by atoms with Gasteiger partial charge in [0.05, 0.1) is 0 Å². The first-order valence-corrected chi connectivity index (χ1v) is 5.60. The molecule has 0 spiro atoms. The van der Waals surface area contributed by atoms with Crippen molar-refractivity contribution in [3.05, 3.63) is 0 Å². The maximum absolute atomic E-state index is 11.5. The van der Waals surface area contributed by atoms with Gasteiger partial charge in [0.2, 0.25) is 5.91 Å². The van der Waals surface area contributed by atoms with E-state index in [0.717, 1.165) is 19.6 Å². The highest BCUT2D eigenvalue weighted by molar-refractivity contribution is 5.78. The molecule has 15 heavy (non-hydrogen) atoms. The lowest BCUT2D eigenvalue weighted by atomic mass is 10.0. The average Bonchev–Trinajstić information content (AvgIpc) is 3.03. The number of rotatable bonds is 7. The summed E-state index contributed by atoms with van der Waals surface area (Å²) >= 11 is 0. The molecule has 0 radical (unpaired) electrons. The van der Waals surface area contributed by atoms with Crippen molar-refractivity contribution in [2.24, 2.45) is 17.1 Å². The Bertz CT molecular complexity index is 215. The van der Waals surface area contributed by atoms with Crippen LogP contribution in [0, 0.1) is 11.3 Å². The monoisotopic (exact) mass is 214 g/mol. The second-order valence-electron chi connectivity index (χ2n) is 4.60. The van der Waals surface area contributed by atoms with Gasteiger partial charge < -0.3 is 15.8 Å². The molecule has 0 aliphatic heterocycles. The van der Waals surface area contributed by atoms with Crippen molar-refractivity contribution in [3.63, 3.8) is 0 Å². The summed E-state index contributed by atoms with van der Waals surface area (Å²) in [5, 5.41) is 2.97. The second kappa shape index (κ2) is 5.47. The maximum atomic E-state index is 11.5. The number of nitrogens with two attached hydrogens (primary N) is 1. The van der Waals surface area contributed by atoms with Crippen molar-refractivity contribution < 1.29 is 9.53 Å². The molecule has 1 aliphatic rings. The predicted octanol–water partition coefficient (Wildman–Crippen LogP) is 0.514. The lowest BCUT2D eigenvalue weighted by Crippen LogP contribution is -2.37. The Balaban J connectivity index is 2.21. The standard InChI is InChI=1S/C11H22N2O2/c1-9(7-12)10(14)13-8-11(3-4-11)5-6-15-2/h9H,3-8,12H2,1-2H3,(H,13,14). The zero-order chi connectivity index (χ0) is 11.3. The molecule has 1 fully saturated rings. The summed E-state index contributed by atoms with van der Waals surface area (Å²) in [5.41, 5.74) is 5.75. The largest absolute Gasteiger partial charge is 0.385 e. The third-order valence-electron chi connectivity index (χ3n) is 3.23. The molecule has 88 valence electrons. The van der Waals surface area contributed by atoms with Gasteiger partial charge in [-0.25, -0.2) is 0 Å². The molecule has 0 saturated heterocycles. The van der Waals surface area contributed by atoms with E-state index in [1.54, 1.807) is 7.11 Å². The minimum absolute atomic E-state index is 0.0705. The van der Waals surface area contributed by atoms with Crippen LogP contribution in [0.5, 0.6) is 0 Å². The Hall–Kier alpha value is -0.610. The molecule has 1 unspecified atom stereocenters. The first-order valence-electron chi connectivity index (χ1n) is 5.60. The third kappa shape index (κ3) is 3.80. The van der Waals surface area contributed by atoms with Gasteiger partial charge in [-0.05, 0) is 24.7 Å². The minimum Gasteiger partial charge on any atom is -0.385 e. The van der Waals surface area contributed by atoms with Crippen molar-refractivity contribution in [2.75, 3.05) is 26.8 Å². The topological polar surface area (TPSA) is 64.3 Å². The number of methoxy groups -OCH3 is 1. The molecule has 4 heteroatoms. The van der Waals surface area contributed by atoms with Crippen molar-refractivity contribution in [1.82, 2.24) is 5.32 Å². The van der Waals surface area contributed by atoms with Crippen LogP contribution >= 0.6 is 0 Å². The first kappa shape index (κ1) is 12.5. The average molecular weight is 214 g/mol. The molecule has 3 N–H and O–H groups in total. The lowest BCUT2D eigenvalue weighted by molar-refractivity contribution is -0.124. The highest BCUT2D eigenvalue weighted by Crippen LogP contribution is 2.48. The Kier molecular flexibility index (Phi) is 4.54. The van der Waals surface area contributed by atoms with E-state index in [2.05, 4.69) is 5.32 Å². The molecule has 0 aromatic rings. The van der Waals surface area contributed by atoms with Crippen LogP contribution in [0.15, 0.2) is 0 Å². The third-order valence-corrected chi connectivity index (χ3v) is 3.23. The fourth-order valence-corrected chi connectivity index (χ4v) is 1.57. The molecule has 0 bridgehead atoms. The molecule has 1 saturated carbocycles. The number of nitrogens with one attached hydrogen (secondary N) is 1. The second-order valence-corrected chi connectivity index (χ2v) is 4.60. The summed E-state index contributed by atoms with van der Waals surface area (Å²) in [6, 6.07) is 0. The van der Waals surface area contributed by atoms with Crippen molar-refractivity contribution in [3.8, 4) is 0 Å². The zero-order valence-electron chi connectivity index (χ0n) is 9.71. The SMILES string of the molecule is COCCC1(CNC(=O)C(C)CN)CC1. The van der Waals surface area contributed by atoms with Crippen LogP contribution in [0.4, 0.5) is 0 Å². The molecule has 1 amide bonds. The van der Waals surface area contributed by atoms with Gasteiger partial charge in [0.1, 0.15) is 0 Å². The van der Waals surface area contributed by atoms with E-state index in [4.69, 9.17) is 10.5 Å². The van der Waals surface area contributed by atoms with Gasteiger partial charge in [-0.2, -0.15) is 0 Å². The van der Waals surface area contributed by atoms with E-state index in [0.29, 0.717) is 12.0 Å².